The Morgan fingerprint density at radius 2 is 1.62 bits per heavy atom. The first-order chi connectivity index (χ1) is 12.1. The van der Waals surface area contributed by atoms with Crippen molar-refractivity contribution in [3.63, 3.8) is 0 Å². The van der Waals surface area contributed by atoms with Crippen LogP contribution in [-0.4, -0.2) is 22.5 Å². The van der Waals surface area contributed by atoms with Crippen LogP contribution in [0.4, 0.5) is 5.69 Å². The van der Waals surface area contributed by atoms with Gasteiger partial charge in [-0.1, -0.05) is 17.7 Å². The molecule has 26 heavy (non-hydrogen) atoms. The zero-order chi connectivity index (χ0) is 19.3. The molecule has 2 rings (SSSR count). The van der Waals surface area contributed by atoms with E-state index in [1.54, 1.807) is 48.5 Å². The van der Waals surface area contributed by atoms with Gasteiger partial charge in [0.1, 0.15) is 0 Å². The summed E-state index contributed by atoms with van der Waals surface area (Å²) in [5.41, 5.74) is 1.31. The third kappa shape index (κ3) is 6.13. The molecule has 0 heterocycles. The molecule has 0 aliphatic heterocycles. The van der Waals surface area contributed by atoms with Gasteiger partial charge in [0.15, 0.2) is 5.11 Å². The second kappa shape index (κ2) is 8.29. The predicted octanol–water partition coefficient (Wildman–Crippen LogP) is 4.00. The molecule has 5 nitrogen and oxygen atoms in total. The maximum absolute atomic E-state index is 12.1. The van der Waals surface area contributed by atoms with Crippen molar-refractivity contribution in [3.05, 3.63) is 64.7 Å². The summed E-state index contributed by atoms with van der Waals surface area (Å²) >= 11 is 11.0. The Hall–Kier alpha value is -2.44. The minimum Gasteiger partial charge on any atom is -0.347 e. The highest BCUT2D eigenvalue weighted by atomic mass is 35.5. The summed E-state index contributed by atoms with van der Waals surface area (Å²) in [6.45, 7) is 5.76. The third-order valence-corrected chi connectivity index (χ3v) is 3.65. The van der Waals surface area contributed by atoms with Gasteiger partial charge in [0.05, 0.1) is 0 Å². The lowest BCUT2D eigenvalue weighted by Gasteiger charge is -2.20. The molecule has 2 aromatic rings. The van der Waals surface area contributed by atoms with Crippen molar-refractivity contribution in [2.24, 2.45) is 0 Å². The first kappa shape index (κ1) is 19.9. The van der Waals surface area contributed by atoms with Gasteiger partial charge in [-0.15, -0.1) is 0 Å². The van der Waals surface area contributed by atoms with Gasteiger partial charge in [-0.05, 0) is 75.5 Å². The Bertz CT molecular complexity index is 829. The topological polar surface area (TPSA) is 70.2 Å². The van der Waals surface area contributed by atoms with Crippen molar-refractivity contribution in [2.45, 2.75) is 26.3 Å². The van der Waals surface area contributed by atoms with Gasteiger partial charge >= 0.3 is 0 Å². The maximum atomic E-state index is 12.1. The lowest BCUT2D eigenvalue weighted by molar-refractivity contribution is 0.0918. The fourth-order valence-corrected chi connectivity index (χ4v) is 2.49. The summed E-state index contributed by atoms with van der Waals surface area (Å²) < 4.78 is 0. The van der Waals surface area contributed by atoms with Gasteiger partial charge < -0.3 is 10.6 Å². The monoisotopic (exact) mass is 389 g/mol. The van der Waals surface area contributed by atoms with Gasteiger partial charge in [-0.2, -0.15) is 0 Å². The number of benzene rings is 2. The molecule has 0 fully saturated rings. The Kier molecular flexibility index (Phi) is 6.34. The standard InChI is InChI=1S/C19H20ClN3O2S/c1-19(2,3)23-17(25)12-7-9-15(10-8-12)21-18(26)22-16(24)13-5-4-6-14(20)11-13/h4-11H,1-3H3,(H,23,25)(H2,21,22,24,26). The molecular formula is C19H20ClN3O2S. The number of anilines is 1. The van der Waals surface area contributed by atoms with E-state index in [4.69, 9.17) is 23.8 Å². The SMILES string of the molecule is CC(C)(C)NC(=O)c1ccc(NC(=S)NC(=O)c2cccc(Cl)c2)cc1. The van der Waals surface area contributed by atoms with Crippen LogP contribution >= 0.6 is 23.8 Å². The normalized spacial score (nSPS) is 10.8. The van der Waals surface area contributed by atoms with Gasteiger partial charge in [0.2, 0.25) is 0 Å². The number of nitrogens with one attached hydrogen (secondary N) is 3. The second-order valence-electron chi connectivity index (χ2n) is 6.70. The first-order valence-corrected chi connectivity index (χ1v) is 8.73. The van der Waals surface area contributed by atoms with Crippen LogP contribution in [0, 0.1) is 0 Å². The minimum atomic E-state index is -0.355. The molecule has 0 radical (unpaired) electrons. The zero-order valence-corrected chi connectivity index (χ0v) is 16.3. The van der Waals surface area contributed by atoms with E-state index in [9.17, 15) is 9.59 Å². The summed E-state index contributed by atoms with van der Waals surface area (Å²) in [5.74, 6) is -0.507. The van der Waals surface area contributed by atoms with Crippen LogP contribution in [0.5, 0.6) is 0 Å². The number of carbonyl (C=O) groups excluding carboxylic acids is 2. The van der Waals surface area contributed by atoms with Crippen LogP contribution in [-0.2, 0) is 0 Å². The third-order valence-electron chi connectivity index (χ3n) is 3.21. The van der Waals surface area contributed by atoms with Gasteiger partial charge in [-0.3, -0.25) is 14.9 Å². The molecule has 0 aliphatic rings. The lowest BCUT2D eigenvalue weighted by Crippen LogP contribution is -2.40. The summed E-state index contributed by atoms with van der Waals surface area (Å²) in [7, 11) is 0. The molecule has 0 unspecified atom stereocenters. The lowest BCUT2D eigenvalue weighted by atomic mass is 10.1. The van der Waals surface area contributed by atoms with E-state index in [2.05, 4.69) is 16.0 Å². The van der Waals surface area contributed by atoms with E-state index >= 15 is 0 Å². The quantitative estimate of drug-likeness (QED) is 0.694. The smallest absolute Gasteiger partial charge is 0.257 e. The number of hydrogen-bond donors (Lipinski definition) is 3. The van der Waals surface area contributed by atoms with Gasteiger partial charge in [0, 0.05) is 27.4 Å². The fraction of sp³-hybridized carbons (Fsp3) is 0.211. The molecule has 136 valence electrons. The molecule has 3 N–H and O–H groups in total. The Morgan fingerprint density at radius 1 is 0.962 bits per heavy atom. The minimum absolute atomic E-state index is 0.152. The van der Waals surface area contributed by atoms with Crippen LogP contribution in [0.15, 0.2) is 48.5 Å². The summed E-state index contributed by atoms with van der Waals surface area (Å²) in [6, 6.07) is 13.4. The molecule has 0 spiro atoms. The highest BCUT2D eigenvalue weighted by molar-refractivity contribution is 7.80. The van der Waals surface area contributed by atoms with Crippen molar-refractivity contribution in [2.75, 3.05) is 5.32 Å². The maximum Gasteiger partial charge on any atom is 0.257 e. The Morgan fingerprint density at radius 3 is 2.19 bits per heavy atom. The number of halogens is 1. The van der Waals surface area contributed by atoms with E-state index in [1.807, 2.05) is 20.8 Å². The van der Waals surface area contributed by atoms with Gasteiger partial charge in [0.25, 0.3) is 11.8 Å². The van der Waals surface area contributed by atoms with Crippen molar-refractivity contribution >= 4 is 46.4 Å². The second-order valence-corrected chi connectivity index (χ2v) is 7.54. The number of rotatable bonds is 3. The van der Waals surface area contributed by atoms with Gasteiger partial charge in [-0.25, -0.2) is 0 Å². The molecule has 7 heteroatoms. The Labute approximate surface area is 163 Å². The van der Waals surface area contributed by atoms with Crippen LogP contribution in [0.2, 0.25) is 5.02 Å². The van der Waals surface area contributed by atoms with Crippen molar-refractivity contribution in [1.29, 1.82) is 0 Å². The fourth-order valence-electron chi connectivity index (χ4n) is 2.09. The predicted molar refractivity (Wildman–Crippen MR) is 109 cm³/mol. The largest absolute Gasteiger partial charge is 0.347 e. The average molecular weight is 390 g/mol. The molecule has 0 saturated carbocycles. The van der Waals surface area contributed by atoms with E-state index < -0.39 is 0 Å². The molecule has 0 atom stereocenters. The number of thiocarbonyl (C=S) groups is 1. The van der Waals surface area contributed by atoms with Crippen LogP contribution < -0.4 is 16.0 Å². The highest BCUT2D eigenvalue weighted by Gasteiger charge is 2.15. The Balaban J connectivity index is 1.95. The first-order valence-electron chi connectivity index (χ1n) is 7.94. The van der Waals surface area contributed by atoms with E-state index in [0.717, 1.165) is 0 Å². The summed E-state index contributed by atoms with van der Waals surface area (Å²) in [6.07, 6.45) is 0. The van der Waals surface area contributed by atoms with Crippen molar-refractivity contribution in [3.8, 4) is 0 Å². The molecule has 2 amide bonds. The molecular weight excluding hydrogens is 370 g/mol. The highest BCUT2D eigenvalue weighted by Crippen LogP contribution is 2.12. The molecule has 0 saturated heterocycles. The van der Waals surface area contributed by atoms with Crippen LogP contribution in [0.3, 0.4) is 0 Å². The van der Waals surface area contributed by atoms with E-state index in [0.29, 0.717) is 21.8 Å². The number of amides is 2. The van der Waals surface area contributed by atoms with Crippen LogP contribution in [0.1, 0.15) is 41.5 Å². The molecule has 0 bridgehead atoms. The van der Waals surface area contributed by atoms with Crippen molar-refractivity contribution < 1.29 is 9.59 Å². The summed E-state index contributed by atoms with van der Waals surface area (Å²) in [4.78, 5) is 24.2. The summed E-state index contributed by atoms with van der Waals surface area (Å²) in [5, 5.41) is 9.01. The average Bonchev–Trinajstić information content (AvgIpc) is 2.53. The molecule has 2 aromatic carbocycles. The van der Waals surface area contributed by atoms with Crippen molar-refractivity contribution in [1.82, 2.24) is 10.6 Å². The van der Waals surface area contributed by atoms with E-state index in [1.165, 1.54) is 0 Å². The number of hydrogen-bond acceptors (Lipinski definition) is 3. The zero-order valence-electron chi connectivity index (χ0n) is 14.7. The van der Waals surface area contributed by atoms with E-state index in [-0.39, 0.29) is 22.5 Å². The van der Waals surface area contributed by atoms with Crippen LogP contribution in [0.25, 0.3) is 0 Å². The molecule has 0 aromatic heterocycles. The number of carbonyl (C=O) groups is 2. The molecule has 0 aliphatic carbocycles.